The van der Waals surface area contributed by atoms with E-state index in [1.165, 1.54) is 0 Å². The van der Waals surface area contributed by atoms with Crippen molar-refractivity contribution in [3.63, 3.8) is 0 Å². The van der Waals surface area contributed by atoms with Crippen LogP contribution < -0.4 is 9.80 Å². The summed E-state index contributed by atoms with van der Waals surface area (Å²) in [5, 5.41) is 53.8. The van der Waals surface area contributed by atoms with Crippen molar-refractivity contribution in [1.29, 1.82) is 0 Å². The van der Waals surface area contributed by atoms with Crippen molar-refractivity contribution in [2.75, 3.05) is 37.0 Å². The van der Waals surface area contributed by atoms with Crippen molar-refractivity contribution < 1.29 is 20.4 Å². The molecule has 44 heavy (non-hydrogen) atoms. The molecule has 2 atom stereocenters. The molecule has 6 heteroatoms. The van der Waals surface area contributed by atoms with Gasteiger partial charge in [-0.3, -0.25) is 0 Å². The van der Waals surface area contributed by atoms with Crippen LogP contribution in [0.25, 0.3) is 43.1 Å². The third kappa shape index (κ3) is 3.87. The van der Waals surface area contributed by atoms with Gasteiger partial charge in [-0.15, -0.1) is 0 Å². The zero-order chi connectivity index (χ0) is 30.9. The average Bonchev–Trinajstić information content (AvgIpc) is 3.02. The quantitative estimate of drug-likeness (QED) is 0.154. The average molecular weight is 587 g/mol. The van der Waals surface area contributed by atoms with Gasteiger partial charge >= 0.3 is 0 Å². The second kappa shape index (κ2) is 10.6. The molecule has 1 fully saturated rings. The molecule has 2 unspecified atom stereocenters. The van der Waals surface area contributed by atoms with E-state index in [4.69, 9.17) is 0 Å². The van der Waals surface area contributed by atoms with E-state index in [1.807, 2.05) is 55.4 Å². The van der Waals surface area contributed by atoms with Gasteiger partial charge in [0.25, 0.3) is 0 Å². The highest BCUT2D eigenvalue weighted by Crippen LogP contribution is 2.57. The predicted molar refractivity (Wildman–Crippen MR) is 182 cm³/mol. The van der Waals surface area contributed by atoms with Gasteiger partial charge in [0.1, 0.15) is 11.5 Å². The molecule has 1 aliphatic rings. The van der Waals surface area contributed by atoms with Crippen LogP contribution in [0.1, 0.15) is 36.8 Å². The molecule has 0 aromatic heterocycles. The number of aromatic hydroxyl groups is 2. The smallest absolute Gasteiger partial charge is 0.123 e. The lowest BCUT2D eigenvalue weighted by Crippen LogP contribution is -2.52. The highest BCUT2D eigenvalue weighted by Gasteiger charge is 2.53. The van der Waals surface area contributed by atoms with Crippen molar-refractivity contribution in [2.45, 2.75) is 37.9 Å². The fourth-order valence-corrected chi connectivity index (χ4v) is 7.89. The number of aliphatic hydroxyl groups excluding tert-OH is 2. The van der Waals surface area contributed by atoms with Gasteiger partial charge in [0.05, 0.1) is 23.6 Å². The number of hydrogen-bond donors (Lipinski definition) is 4. The third-order valence-electron chi connectivity index (χ3n) is 9.74. The number of phenols is 2. The first-order chi connectivity index (χ1) is 21.3. The summed E-state index contributed by atoms with van der Waals surface area (Å²) < 4.78 is 0. The van der Waals surface area contributed by atoms with Crippen molar-refractivity contribution in [1.82, 2.24) is 0 Å². The monoisotopic (exact) mass is 586 g/mol. The van der Waals surface area contributed by atoms with Crippen LogP contribution in [0.5, 0.6) is 11.5 Å². The van der Waals surface area contributed by atoms with E-state index in [9.17, 15) is 20.4 Å². The molecule has 6 aromatic carbocycles. The van der Waals surface area contributed by atoms with E-state index >= 15 is 0 Å². The van der Waals surface area contributed by atoms with Crippen LogP contribution in [0, 0.1) is 0 Å². The minimum Gasteiger partial charge on any atom is -0.507 e. The Morgan fingerprint density at radius 1 is 0.523 bits per heavy atom. The normalized spacial score (nSPS) is 20.0. The van der Waals surface area contributed by atoms with E-state index in [0.717, 1.165) is 62.3 Å². The second-order valence-electron chi connectivity index (χ2n) is 12.1. The Morgan fingerprint density at radius 2 is 0.932 bits per heavy atom. The van der Waals surface area contributed by atoms with Crippen molar-refractivity contribution >= 4 is 54.5 Å². The van der Waals surface area contributed by atoms with E-state index in [2.05, 4.69) is 43.0 Å². The van der Waals surface area contributed by atoms with E-state index in [1.54, 1.807) is 24.3 Å². The maximum Gasteiger partial charge on any atom is 0.123 e. The second-order valence-corrected chi connectivity index (χ2v) is 12.1. The van der Waals surface area contributed by atoms with Gasteiger partial charge in [-0.2, -0.15) is 0 Å². The van der Waals surface area contributed by atoms with Crippen LogP contribution in [0.15, 0.2) is 84.9 Å². The molecule has 0 radical (unpaired) electrons. The maximum absolute atomic E-state index is 12.2. The van der Waals surface area contributed by atoms with Gasteiger partial charge in [0, 0.05) is 71.3 Å². The molecule has 0 heterocycles. The van der Waals surface area contributed by atoms with Crippen molar-refractivity contribution in [3.05, 3.63) is 96.1 Å². The number of benzene rings is 6. The number of rotatable bonds is 6. The Hall–Kier alpha value is -4.52. The van der Waals surface area contributed by atoms with Gasteiger partial charge in [0.2, 0.25) is 0 Å². The first-order valence-electron chi connectivity index (χ1n) is 15.4. The summed E-state index contributed by atoms with van der Waals surface area (Å²) in [6.07, 6.45) is -1.93. The fourth-order valence-electron chi connectivity index (χ4n) is 7.89. The molecule has 0 amide bonds. The molecular weight excluding hydrogens is 548 g/mol. The molecule has 1 aliphatic carbocycles. The summed E-state index contributed by atoms with van der Waals surface area (Å²) in [4.78, 5) is 4.33. The van der Waals surface area contributed by atoms with E-state index < -0.39 is 24.0 Å². The number of hydrogen-bond acceptors (Lipinski definition) is 6. The third-order valence-corrected chi connectivity index (χ3v) is 9.74. The minimum atomic E-state index is -0.966. The molecule has 6 nitrogen and oxygen atoms in total. The van der Waals surface area contributed by atoms with Crippen LogP contribution in [0.3, 0.4) is 0 Å². The van der Waals surface area contributed by atoms with Gasteiger partial charge < -0.3 is 30.2 Å². The number of phenolic OH excluding ortho intramolecular Hbond substituents is 2. The zero-order valence-electron chi connectivity index (χ0n) is 25.5. The van der Waals surface area contributed by atoms with Gasteiger partial charge in [-0.1, -0.05) is 72.8 Å². The molecule has 7 rings (SSSR count). The lowest BCUT2D eigenvalue weighted by Gasteiger charge is -2.48. The van der Waals surface area contributed by atoms with Crippen LogP contribution >= 0.6 is 0 Å². The molecule has 4 N–H and O–H groups in total. The number of anilines is 2. The zero-order valence-corrected chi connectivity index (χ0v) is 25.5. The molecular formula is C38H38N2O4. The van der Waals surface area contributed by atoms with Crippen molar-refractivity contribution in [2.24, 2.45) is 0 Å². The Labute approximate surface area is 257 Å². The Kier molecular flexibility index (Phi) is 6.80. The SMILES string of the molecule is CCN(CC)c1c2ccccc2c(C2C(O)C(c3c4c(O)cccc4c(N(C)C)c4cccc(O)c34)C2O)c2ccccc12. The van der Waals surface area contributed by atoms with E-state index in [-0.39, 0.29) is 11.5 Å². The number of fused-ring (bicyclic) bond motifs is 4. The predicted octanol–water partition coefficient (Wildman–Crippen LogP) is 7.23. The van der Waals surface area contributed by atoms with Gasteiger partial charge in [0.15, 0.2) is 0 Å². The Morgan fingerprint density at radius 3 is 1.36 bits per heavy atom. The molecule has 224 valence electrons. The highest BCUT2D eigenvalue weighted by molar-refractivity contribution is 6.18. The summed E-state index contributed by atoms with van der Waals surface area (Å²) in [7, 11) is 3.87. The highest BCUT2D eigenvalue weighted by atomic mass is 16.3. The maximum atomic E-state index is 12.2. The molecule has 0 spiro atoms. The molecule has 1 saturated carbocycles. The Bertz CT molecular complexity index is 1940. The summed E-state index contributed by atoms with van der Waals surface area (Å²) >= 11 is 0. The minimum absolute atomic E-state index is 0.0491. The molecule has 0 saturated heterocycles. The molecule has 6 aromatic rings. The number of nitrogens with zero attached hydrogens (tertiary/aromatic N) is 2. The summed E-state index contributed by atoms with van der Waals surface area (Å²) in [5.74, 6) is -1.21. The van der Waals surface area contributed by atoms with Gasteiger partial charge in [-0.25, -0.2) is 0 Å². The number of aliphatic hydroxyl groups is 2. The Balaban J connectivity index is 1.50. The van der Waals surface area contributed by atoms with Crippen molar-refractivity contribution in [3.8, 4) is 11.5 Å². The largest absolute Gasteiger partial charge is 0.507 e. The standard InChI is InChI=1S/C38H38N2O4/c1-5-40(6-2)36-23-15-9-7-13-21(23)29(22-14-8-10-16-24(22)36)33-37(43)34(38(33)44)32-30-25(17-11-19-27(30)41)35(39(3)4)26-18-12-20-28(42)31(26)32/h7-20,33-34,37-38,41-44H,5-6H2,1-4H3. The van der Waals surface area contributed by atoms with Crippen LogP contribution in [0.4, 0.5) is 11.4 Å². The van der Waals surface area contributed by atoms with E-state index in [0.29, 0.717) is 16.3 Å². The fraction of sp³-hybridized carbons (Fsp3) is 0.263. The van der Waals surface area contributed by atoms with Gasteiger partial charge in [-0.05, 0) is 47.9 Å². The van der Waals surface area contributed by atoms with Crippen LogP contribution in [-0.2, 0) is 0 Å². The molecule has 0 aliphatic heterocycles. The first kappa shape index (κ1) is 28.3. The summed E-state index contributed by atoms with van der Waals surface area (Å²) in [6, 6.07) is 27.3. The van der Waals surface area contributed by atoms with Crippen LogP contribution in [-0.4, -0.2) is 59.8 Å². The summed E-state index contributed by atoms with van der Waals surface area (Å²) in [6.45, 7) is 6.03. The molecule has 0 bridgehead atoms. The topological polar surface area (TPSA) is 87.4 Å². The van der Waals surface area contributed by atoms with Crippen LogP contribution in [0.2, 0.25) is 0 Å². The lowest BCUT2D eigenvalue weighted by molar-refractivity contribution is -0.0766. The lowest BCUT2D eigenvalue weighted by atomic mass is 9.60. The first-order valence-corrected chi connectivity index (χ1v) is 15.4. The summed E-state index contributed by atoms with van der Waals surface area (Å²) in [5.41, 5.74) is 3.52.